The molecular formula is C12H19N5. The van der Waals surface area contributed by atoms with Gasteiger partial charge in [-0.05, 0) is 12.1 Å². The van der Waals surface area contributed by atoms with Gasteiger partial charge in [-0.2, -0.15) is 10.2 Å². The van der Waals surface area contributed by atoms with E-state index in [1.54, 1.807) is 0 Å². The average Bonchev–Trinajstić information content (AvgIpc) is 2.86. The molecule has 2 aromatic heterocycles. The lowest BCUT2D eigenvalue weighted by Crippen LogP contribution is -2.23. The number of hydrogen-bond acceptors (Lipinski definition) is 3. The summed E-state index contributed by atoms with van der Waals surface area (Å²) >= 11 is 0. The van der Waals surface area contributed by atoms with E-state index >= 15 is 0 Å². The molecule has 0 amide bonds. The summed E-state index contributed by atoms with van der Waals surface area (Å²) in [6, 6.07) is 4.54. The van der Waals surface area contributed by atoms with Crippen LogP contribution in [0.25, 0.3) is 0 Å². The van der Waals surface area contributed by atoms with Crippen molar-refractivity contribution < 1.29 is 0 Å². The first-order valence-corrected chi connectivity index (χ1v) is 5.88. The molecule has 0 aliphatic rings. The molecule has 2 rings (SSSR count). The number of aromatic nitrogens is 4. The Morgan fingerprint density at radius 2 is 2.18 bits per heavy atom. The molecule has 2 heterocycles. The van der Waals surface area contributed by atoms with Crippen molar-refractivity contribution in [1.29, 1.82) is 0 Å². The van der Waals surface area contributed by atoms with Gasteiger partial charge in [-0.1, -0.05) is 13.8 Å². The van der Waals surface area contributed by atoms with Crippen molar-refractivity contribution >= 4 is 0 Å². The Kier molecular flexibility index (Phi) is 3.58. The maximum absolute atomic E-state index is 4.36. The predicted octanol–water partition coefficient (Wildman–Crippen LogP) is 1.16. The number of nitrogens with zero attached hydrogens (tertiary/aromatic N) is 4. The second-order valence-corrected chi connectivity index (χ2v) is 4.50. The highest BCUT2D eigenvalue weighted by atomic mass is 15.3. The largest absolute Gasteiger partial charge is 0.309 e. The lowest BCUT2D eigenvalue weighted by molar-refractivity contribution is 0.543. The zero-order valence-electron chi connectivity index (χ0n) is 10.6. The summed E-state index contributed by atoms with van der Waals surface area (Å²) in [6.07, 6.45) is 3.78. The maximum atomic E-state index is 4.36. The van der Waals surface area contributed by atoms with Crippen LogP contribution in [-0.2, 0) is 20.1 Å². The highest BCUT2D eigenvalue weighted by Crippen LogP contribution is 2.03. The Balaban J connectivity index is 2.03. The van der Waals surface area contributed by atoms with Crippen LogP contribution in [0.4, 0.5) is 0 Å². The van der Waals surface area contributed by atoms with Crippen LogP contribution in [0.5, 0.6) is 0 Å². The third-order valence-corrected chi connectivity index (χ3v) is 2.58. The fourth-order valence-electron chi connectivity index (χ4n) is 1.66. The van der Waals surface area contributed by atoms with Gasteiger partial charge in [0, 0.05) is 32.0 Å². The second kappa shape index (κ2) is 5.14. The lowest BCUT2D eigenvalue weighted by Gasteiger charge is -2.09. The van der Waals surface area contributed by atoms with Gasteiger partial charge < -0.3 is 5.32 Å². The van der Waals surface area contributed by atoms with Gasteiger partial charge in [-0.15, -0.1) is 0 Å². The SMILES string of the molecule is CC(C)NCc1ccnn1Cc1ccn(C)n1. The van der Waals surface area contributed by atoms with E-state index in [9.17, 15) is 0 Å². The molecule has 0 atom stereocenters. The highest BCUT2D eigenvalue weighted by molar-refractivity contribution is 5.05. The molecule has 5 nitrogen and oxygen atoms in total. The van der Waals surface area contributed by atoms with Gasteiger partial charge in [0.2, 0.25) is 0 Å². The molecule has 0 fully saturated rings. The number of aryl methyl sites for hydroxylation is 1. The molecule has 2 aromatic rings. The van der Waals surface area contributed by atoms with E-state index in [1.807, 2.05) is 40.9 Å². The zero-order chi connectivity index (χ0) is 12.3. The second-order valence-electron chi connectivity index (χ2n) is 4.50. The average molecular weight is 233 g/mol. The van der Waals surface area contributed by atoms with Gasteiger partial charge in [-0.3, -0.25) is 9.36 Å². The minimum Gasteiger partial charge on any atom is -0.309 e. The van der Waals surface area contributed by atoms with Crippen LogP contribution >= 0.6 is 0 Å². The Bertz CT molecular complexity index is 469. The van der Waals surface area contributed by atoms with Gasteiger partial charge in [-0.25, -0.2) is 0 Å². The van der Waals surface area contributed by atoms with Crippen molar-refractivity contribution in [3.05, 3.63) is 35.9 Å². The quantitative estimate of drug-likeness (QED) is 0.843. The Labute approximate surface area is 101 Å². The minimum absolute atomic E-state index is 0.480. The first-order valence-electron chi connectivity index (χ1n) is 5.88. The Morgan fingerprint density at radius 3 is 2.82 bits per heavy atom. The molecule has 17 heavy (non-hydrogen) atoms. The molecule has 0 aliphatic heterocycles. The molecule has 0 unspecified atom stereocenters. The molecule has 0 bridgehead atoms. The molecule has 0 spiro atoms. The van der Waals surface area contributed by atoms with Gasteiger partial charge in [0.25, 0.3) is 0 Å². The molecule has 0 radical (unpaired) electrons. The van der Waals surface area contributed by atoms with Crippen molar-refractivity contribution in [3.8, 4) is 0 Å². The summed E-state index contributed by atoms with van der Waals surface area (Å²) in [7, 11) is 1.92. The summed E-state index contributed by atoms with van der Waals surface area (Å²) in [5, 5.41) is 12.1. The van der Waals surface area contributed by atoms with E-state index in [1.165, 1.54) is 5.69 Å². The number of hydrogen-bond donors (Lipinski definition) is 1. The fraction of sp³-hybridized carbons (Fsp3) is 0.500. The summed E-state index contributed by atoms with van der Waals surface area (Å²) in [5.41, 5.74) is 2.21. The molecule has 0 saturated carbocycles. The van der Waals surface area contributed by atoms with E-state index in [4.69, 9.17) is 0 Å². The lowest BCUT2D eigenvalue weighted by atomic mass is 10.3. The van der Waals surface area contributed by atoms with E-state index < -0.39 is 0 Å². The first-order chi connectivity index (χ1) is 8.15. The number of nitrogens with one attached hydrogen (secondary N) is 1. The molecular weight excluding hydrogens is 214 g/mol. The van der Waals surface area contributed by atoms with Crippen LogP contribution in [0.1, 0.15) is 25.2 Å². The van der Waals surface area contributed by atoms with Gasteiger partial charge in [0.1, 0.15) is 0 Å². The van der Waals surface area contributed by atoms with Crippen LogP contribution in [0, 0.1) is 0 Å². The summed E-state index contributed by atoms with van der Waals surface area (Å²) in [5.74, 6) is 0. The summed E-state index contributed by atoms with van der Waals surface area (Å²) in [6.45, 7) is 5.84. The fourth-order valence-corrected chi connectivity index (χ4v) is 1.66. The smallest absolute Gasteiger partial charge is 0.0853 e. The van der Waals surface area contributed by atoms with Crippen LogP contribution in [0.15, 0.2) is 24.5 Å². The normalized spacial score (nSPS) is 11.3. The molecule has 1 N–H and O–H groups in total. The first kappa shape index (κ1) is 11.9. The van der Waals surface area contributed by atoms with Crippen LogP contribution < -0.4 is 5.32 Å². The Hall–Kier alpha value is -1.62. The third kappa shape index (κ3) is 3.17. The molecule has 0 aliphatic carbocycles. The monoisotopic (exact) mass is 233 g/mol. The molecule has 92 valence electrons. The van der Waals surface area contributed by atoms with Crippen molar-refractivity contribution in [2.75, 3.05) is 0 Å². The maximum Gasteiger partial charge on any atom is 0.0853 e. The van der Waals surface area contributed by atoms with Crippen LogP contribution in [0.2, 0.25) is 0 Å². The van der Waals surface area contributed by atoms with Crippen molar-refractivity contribution in [1.82, 2.24) is 24.9 Å². The molecule has 0 aromatic carbocycles. The van der Waals surface area contributed by atoms with E-state index in [0.29, 0.717) is 6.04 Å². The number of rotatable bonds is 5. The predicted molar refractivity (Wildman–Crippen MR) is 66.5 cm³/mol. The zero-order valence-corrected chi connectivity index (χ0v) is 10.6. The summed E-state index contributed by atoms with van der Waals surface area (Å²) in [4.78, 5) is 0. The molecule has 5 heteroatoms. The van der Waals surface area contributed by atoms with E-state index in [-0.39, 0.29) is 0 Å². The van der Waals surface area contributed by atoms with Gasteiger partial charge in [0.05, 0.1) is 17.9 Å². The van der Waals surface area contributed by atoms with Crippen molar-refractivity contribution in [3.63, 3.8) is 0 Å². The van der Waals surface area contributed by atoms with Gasteiger partial charge in [0.15, 0.2) is 0 Å². The topological polar surface area (TPSA) is 47.7 Å². The van der Waals surface area contributed by atoms with Crippen molar-refractivity contribution in [2.45, 2.75) is 33.0 Å². The molecule has 0 saturated heterocycles. The van der Waals surface area contributed by atoms with Gasteiger partial charge >= 0.3 is 0 Å². The highest BCUT2D eigenvalue weighted by Gasteiger charge is 2.05. The van der Waals surface area contributed by atoms with Crippen LogP contribution in [0.3, 0.4) is 0 Å². The van der Waals surface area contributed by atoms with E-state index in [0.717, 1.165) is 18.8 Å². The van der Waals surface area contributed by atoms with E-state index in [2.05, 4.69) is 29.4 Å². The minimum atomic E-state index is 0.480. The standard InChI is InChI=1S/C12H19N5/c1-10(2)13-8-12-4-6-14-17(12)9-11-5-7-16(3)15-11/h4-7,10,13H,8-9H2,1-3H3. The van der Waals surface area contributed by atoms with Crippen LogP contribution in [-0.4, -0.2) is 25.6 Å². The Morgan fingerprint density at radius 1 is 1.35 bits per heavy atom. The van der Waals surface area contributed by atoms with Crippen molar-refractivity contribution in [2.24, 2.45) is 7.05 Å². The summed E-state index contributed by atoms with van der Waals surface area (Å²) < 4.78 is 3.79. The third-order valence-electron chi connectivity index (χ3n) is 2.58.